The molecule has 0 saturated heterocycles. The molecule has 3 aromatic carbocycles. The maximum Gasteiger partial charge on any atom is 0.262 e. The molecule has 8 heteroatoms. The van der Waals surface area contributed by atoms with Crippen molar-refractivity contribution in [3.05, 3.63) is 119 Å². The summed E-state index contributed by atoms with van der Waals surface area (Å²) < 4.78 is 1.84. The maximum absolute atomic E-state index is 13.7. The normalized spacial score (nSPS) is 22.5. The van der Waals surface area contributed by atoms with Gasteiger partial charge in [-0.1, -0.05) is 66.7 Å². The van der Waals surface area contributed by atoms with Crippen LogP contribution in [-0.4, -0.2) is 47.0 Å². The van der Waals surface area contributed by atoms with Crippen LogP contribution in [0.1, 0.15) is 76.1 Å². The number of nitrogens with zero attached hydrogens (tertiary/aromatic N) is 5. The number of carbonyl (C=O) groups excluding carboxylic acids is 2. The highest BCUT2D eigenvalue weighted by Gasteiger charge is 2.60. The molecule has 9 rings (SSSR count). The molecule has 2 fully saturated rings. The van der Waals surface area contributed by atoms with Crippen LogP contribution in [0.3, 0.4) is 0 Å². The lowest BCUT2D eigenvalue weighted by molar-refractivity contribution is -0.118. The van der Waals surface area contributed by atoms with Crippen LogP contribution in [0.2, 0.25) is 0 Å². The number of aryl methyl sites for hydroxylation is 1. The molecule has 6 aromatic rings. The van der Waals surface area contributed by atoms with Gasteiger partial charge in [0.15, 0.2) is 11.3 Å². The third-order valence-electron chi connectivity index (χ3n) is 9.91. The van der Waals surface area contributed by atoms with Gasteiger partial charge in [0.2, 0.25) is 0 Å². The fourth-order valence-electron chi connectivity index (χ4n) is 7.88. The average Bonchev–Trinajstić information content (AvgIpc) is 3.77. The molecule has 0 spiro atoms. The Hall–Kier alpha value is -5.21. The molecule has 46 heavy (non-hydrogen) atoms. The highest BCUT2D eigenvalue weighted by atomic mass is 16.3. The van der Waals surface area contributed by atoms with Gasteiger partial charge in [0, 0.05) is 41.6 Å². The largest absolute Gasteiger partial charge is 0.390 e. The molecule has 8 nitrogen and oxygen atoms in total. The van der Waals surface area contributed by atoms with Crippen LogP contribution in [0.5, 0.6) is 0 Å². The molecule has 2 saturated carbocycles. The molecule has 1 N–H and O–H groups in total. The van der Waals surface area contributed by atoms with Crippen LogP contribution < -0.4 is 0 Å². The summed E-state index contributed by atoms with van der Waals surface area (Å²) in [5, 5.41) is 16.7. The second kappa shape index (κ2) is 9.40. The van der Waals surface area contributed by atoms with E-state index in [0.717, 1.165) is 63.2 Å². The van der Waals surface area contributed by atoms with E-state index in [-0.39, 0.29) is 24.7 Å². The van der Waals surface area contributed by atoms with Gasteiger partial charge >= 0.3 is 0 Å². The number of imide groups is 1. The topological polar surface area (TPSA) is 101 Å². The summed E-state index contributed by atoms with van der Waals surface area (Å²) in [5.41, 5.74) is 7.30. The molecule has 2 aliphatic carbocycles. The van der Waals surface area contributed by atoms with Gasteiger partial charge in [-0.15, -0.1) is 0 Å². The van der Waals surface area contributed by atoms with E-state index in [4.69, 9.17) is 15.1 Å². The zero-order chi connectivity index (χ0) is 31.4. The Morgan fingerprint density at radius 3 is 2.13 bits per heavy atom. The zero-order valence-corrected chi connectivity index (χ0v) is 25.6. The van der Waals surface area contributed by atoms with Crippen LogP contribution in [0.25, 0.3) is 39.1 Å². The van der Waals surface area contributed by atoms with Crippen molar-refractivity contribution in [2.75, 3.05) is 0 Å². The number of amides is 2. The summed E-state index contributed by atoms with van der Waals surface area (Å²) >= 11 is 0. The fraction of sp³-hybridized carbons (Fsp3) is 0.237. The molecule has 3 aliphatic rings. The molecule has 4 heterocycles. The van der Waals surface area contributed by atoms with Crippen molar-refractivity contribution >= 4 is 28.5 Å². The molecule has 0 radical (unpaired) electrons. The Morgan fingerprint density at radius 1 is 0.848 bits per heavy atom. The van der Waals surface area contributed by atoms with E-state index in [2.05, 4.69) is 24.3 Å². The molecule has 226 valence electrons. The van der Waals surface area contributed by atoms with Crippen LogP contribution in [-0.2, 0) is 5.54 Å². The van der Waals surface area contributed by atoms with Gasteiger partial charge in [-0.2, -0.15) is 9.61 Å². The molecule has 1 aliphatic heterocycles. The summed E-state index contributed by atoms with van der Waals surface area (Å²) in [7, 11) is 0. The molecular weight excluding hydrogens is 574 g/mol. The van der Waals surface area contributed by atoms with Crippen molar-refractivity contribution in [1.29, 1.82) is 0 Å². The minimum atomic E-state index is -0.991. The molecular formula is C38H31N5O3. The summed E-state index contributed by atoms with van der Waals surface area (Å²) in [5.74, 6) is -0.225. The number of aliphatic hydroxyl groups is 1. The Bertz CT molecular complexity index is 2210. The highest BCUT2D eigenvalue weighted by Crippen LogP contribution is 2.55. The van der Waals surface area contributed by atoms with E-state index in [1.165, 1.54) is 10.5 Å². The second-order valence-electron chi connectivity index (χ2n) is 13.4. The number of carbonyl (C=O) groups is 2. The first-order chi connectivity index (χ1) is 22.2. The number of aromatic nitrogens is 4. The first kappa shape index (κ1) is 27.1. The van der Waals surface area contributed by atoms with Crippen LogP contribution in [0, 0.1) is 6.92 Å². The van der Waals surface area contributed by atoms with Crippen LogP contribution >= 0.6 is 0 Å². The number of benzene rings is 3. The fourth-order valence-corrected chi connectivity index (χ4v) is 7.88. The third kappa shape index (κ3) is 3.86. The van der Waals surface area contributed by atoms with E-state index < -0.39 is 11.1 Å². The number of hydrogen-bond acceptors (Lipinski definition) is 6. The van der Waals surface area contributed by atoms with Gasteiger partial charge in [-0.05, 0) is 61.4 Å². The second-order valence-corrected chi connectivity index (χ2v) is 13.4. The average molecular weight is 606 g/mol. The molecule has 0 unspecified atom stereocenters. The van der Waals surface area contributed by atoms with Crippen molar-refractivity contribution in [3.8, 4) is 22.4 Å². The van der Waals surface area contributed by atoms with Crippen molar-refractivity contribution in [2.24, 2.45) is 0 Å². The lowest BCUT2D eigenvalue weighted by Gasteiger charge is -2.55. The van der Waals surface area contributed by atoms with Crippen molar-refractivity contribution in [2.45, 2.75) is 56.6 Å². The third-order valence-corrected chi connectivity index (χ3v) is 9.91. The minimum absolute atomic E-state index is 0.268. The number of hydrogen-bond donors (Lipinski definition) is 1. The molecule has 0 bridgehead atoms. The van der Waals surface area contributed by atoms with E-state index in [1.807, 2.05) is 54.0 Å². The Balaban J connectivity index is 1.23. The van der Waals surface area contributed by atoms with Gasteiger partial charge < -0.3 is 5.11 Å². The predicted octanol–water partition coefficient (Wildman–Crippen LogP) is 6.83. The van der Waals surface area contributed by atoms with E-state index >= 15 is 0 Å². The van der Waals surface area contributed by atoms with Gasteiger partial charge in [-0.25, -0.2) is 9.97 Å². The zero-order valence-electron chi connectivity index (χ0n) is 25.6. The molecule has 0 atom stereocenters. The van der Waals surface area contributed by atoms with E-state index in [1.54, 1.807) is 31.2 Å². The Labute approximate surface area is 265 Å². The van der Waals surface area contributed by atoms with Gasteiger partial charge in [0.25, 0.3) is 11.8 Å². The van der Waals surface area contributed by atoms with Crippen LogP contribution in [0.4, 0.5) is 0 Å². The SMILES string of the molecule is Cc1cc2ncc3c(C4CC4)c(-c4ccccc4)c(-c4ccc([C@]5(N6C(=O)c7ccccc7C6=O)C[C@@](C)(O)C5)cc4)nc3n2n1. The van der Waals surface area contributed by atoms with E-state index in [9.17, 15) is 14.7 Å². The van der Waals surface area contributed by atoms with Gasteiger partial charge in [0.05, 0.1) is 33.7 Å². The lowest BCUT2D eigenvalue weighted by atomic mass is 9.61. The lowest BCUT2D eigenvalue weighted by Crippen LogP contribution is -2.63. The highest BCUT2D eigenvalue weighted by molar-refractivity contribution is 6.22. The minimum Gasteiger partial charge on any atom is -0.390 e. The Kier molecular flexibility index (Phi) is 5.55. The van der Waals surface area contributed by atoms with Gasteiger partial charge in [-0.3, -0.25) is 14.5 Å². The van der Waals surface area contributed by atoms with Crippen molar-refractivity contribution in [3.63, 3.8) is 0 Å². The summed E-state index contributed by atoms with van der Waals surface area (Å²) in [6, 6.07) is 27.3. The van der Waals surface area contributed by atoms with Crippen LogP contribution in [0.15, 0.2) is 91.1 Å². The quantitative estimate of drug-likeness (QED) is 0.216. The van der Waals surface area contributed by atoms with Crippen molar-refractivity contribution < 1.29 is 14.7 Å². The first-order valence-corrected chi connectivity index (χ1v) is 15.8. The summed E-state index contributed by atoms with van der Waals surface area (Å²) in [6.45, 7) is 3.72. The van der Waals surface area contributed by atoms with Gasteiger partial charge in [0.1, 0.15) is 0 Å². The monoisotopic (exact) mass is 605 g/mol. The summed E-state index contributed by atoms with van der Waals surface area (Å²) in [6.07, 6.45) is 4.69. The Morgan fingerprint density at radius 2 is 1.50 bits per heavy atom. The number of fused-ring (bicyclic) bond motifs is 4. The number of rotatable bonds is 5. The summed E-state index contributed by atoms with van der Waals surface area (Å²) in [4.78, 5) is 38.8. The maximum atomic E-state index is 13.7. The number of pyridine rings is 1. The molecule has 3 aromatic heterocycles. The predicted molar refractivity (Wildman–Crippen MR) is 174 cm³/mol. The van der Waals surface area contributed by atoms with Crippen molar-refractivity contribution in [1.82, 2.24) is 24.5 Å². The first-order valence-electron chi connectivity index (χ1n) is 15.8. The smallest absolute Gasteiger partial charge is 0.262 e. The van der Waals surface area contributed by atoms with E-state index in [0.29, 0.717) is 17.0 Å². The standard InChI is InChI=1S/C38H31N5O3/c1-22-18-30-39-19-29-31(24-12-13-24)32(23-8-4-3-5-9-23)33(40-34(29)43(30)41-22)25-14-16-26(17-15-25)38(20-37(2,46)21-38)42-35(44)27-10-6-7-11-28(27)36(42)45/h3-11,14-19,24,46H,12-13,20-21H2,1-2H3/t37-,38+. The molecule has 2 amide bonds.